The second kappa shape index (κ2) is 9.23. The number of amides is 2. The van der Waals surface area contributed by atoms with Crippen LogP contribution < -0.4 is 10.6 Å². The van der Waals surface area contributed by atoms with Crippen molar-refractivity contribution in [3.05, 3.63) is 71.3 Å². The summed E-state index contributed by atoms with van der Waals surface area (Å²) in [4.78, 5) is 12.4. The summed E-state index contributed by atoms with van der Waals surface area (Å²) in [6.45, 7) is 6.36. The number of hydrogen-bond acceptors (Lipinski definition) is 2. The third kappa shape index (κ3) is 6.24. The summed E-state index contributed by atoms with van der Waals surface area (Å²) in [7, 11) is 0. The number of rotatable bonds is 7. The van der Waals surface area contributed by atoms with E-state index in [0.29, 0.717) is 13.0 Å². The zero-order valence-corrected chi connectivity index (χ0v) is 15.2. The molecule has 0 heterocycles. The van der Waals surface area contributed by atoms with Gasteiger partial charge in [0, 0.05) is 6.54 Å². The van der Waals surface area contributed by atoms with E-state index in [1.807, 2.05) is 56.3 Å². The molecule has 0 bridgehead atoms. The maximum Gasteiger partial charge on any atom is 0.315 e. The number of carbonyl (C=O) groups is 1. The number of nitrogens with one attached hydrogen (secondary N) is 2. The van der Waals surface area contributed by atoms with Crippen molar-refractivity contribution in [2.24, 2.45) is 5.92 Å². The first-order valence-corrected chi connectivity index (χ1v) is 8.79. The van der Waals surface area contributed by atoms with Crippen LogP contribution in [-0.2, 0) is 0 Å². The molecule has 3 atom stereocenters. The summed E-state index contributed by atoms with van der Waals surface area (Å²) in [5, 5.41) is 15.4. The van der Waals surface area contributed by atoms with Gasteiger partial charge in [0.05, 0.1) is 12.1 Å². The van der Waals surface area contributed by atoms with Crippen LogP contribution in [0.4, 0.5) is 4.79 Å². The molecule has 25 heavy (non-hydrogen) atoms. The second-order valence-electron chi connectivity index (χ2n) is 6.80. The van der Waals surface area contributed by atoms with Crippen molar-refractivity contribution >= 4 is 6.03 Å². The van der Waals surface area contributed by atoms with Gasteiger partial charge in [-0.15, -0.1) is 0 Å². The van der Waals surface area contributed by atoms with Gasteiger partial charge in [-0.3, -0.25) is 0 Å². The maximum atomic E-state index is 12.4. The minimum Gasteiger partial charge on any atom is -0.393 e. The summed E-state index contributed by atoms with van der Waals surface area (Å²) < 4.78 is 0. The number of aliphatic hydroxyl groups is 1. The van der Waals surface area contributed by atoms with Crippen LogP contribution in [0.3, 0.4) is 0 Å². The van der Waals surface area contributed by atoms with Crippen LogP contribution in [-0.4, -0.2) is 23.8 Å². The van der Waals surface area contributed by atoms with Crippen molar-refractivity contribution in [1.82, 2.24) is 10.6 Å². The molecule has 0 spiro atoms. The van der Waals surface area contributed by atoms with E-state index in [9.17, 15) is 9.90 Å². The van der Waals surface area contributed by atoms with E-state index in [1.54, 1.807) is 6.92 Å². The number of carbonyl (C=O) groups excluding carboxylic acids is 1. The molecular weight excluding hydrogens is 312 g/mol. The number of urea groups is 1. The highest BCUT2D eigenvalue weighted by Gasteiger charge is 2.17. The van der Waals surface area contributed by atoms with Gasteiger partial charge in [0.1, 0.15) is 0 Å². The molecule has 3 unspecified atom stereocenters. The Balaban J connectivity index is 2.06. The normalized spacial score (nSPS) is 14.4. The topological polar surface area (TPSA) is 61.4 Å². The number of benzene rings is 2. The van der Waals surface area contributed by atoms with Crippen molar-refractivity contribution in [2.75, 3.05) is 6.54 Å². The van der Waals surface area contributed by atoms with Crippen LogP contribution in [0.5, 0.6) is 0 Å². The van der Waals surface area contributed by atoms with Gasteiger partial charge in [-0.2, -0.15) is 0 Å². The Morgan fingerprint density at radius 2 is 1.60 bits per heavy atom. The average molecular weight is 340 g/mol. The molecule has 0 aliphatic heterocycles. The van der Waals surface area contributed by atoms with Crippen LogP contribution >= 0.6 is 0 Å². The van der Waals surface area contributed by atoms with Crippen molar-refractivity contribution < 1.29 is 9.90 Å². The van der Waals surface area contributed by atoms with E-state index in [-0.39, 0.29) is 24.1 Å². The molecule has 0 radical (unpaired) electrons. The van der Waals surface area contributed by atoms with Crippen molar-refractivity contribution in [1.29, 1.82) is 0 Å². The van der Waals surface area contributed by atoms with Crippen LogP contribution in [0.1, 0.15) is 43.0 Å². The smallest absolute Gasteiger partial charge is 0.315 e. The molecule has 0 aromatic heterocycles. The zero-order valence-electron chi connectivity index (χ0n) is 15.2. The van der Waals surface area contributed by atoms with E-state index in [0.717, 1.165) is 11.1 Å². The van der Waals surface area contributed by atoms with Crippen LogP contribution in [0.25, 0.3) is 0 Å². The van der Waals surface area contributed by atoms with E-state index in [2.05, 4.69) is 22.8 Å². The van der Waals surface area contributed by atoms with Crippen molar-refractivity contribution in [3.63, 3.8) is 0 Å². The third-order valence-electron chi connectivity index (χ3n) is 4.17. The summed E-state index contributed by atoms with van der Waals surface area (Å²) in [6, 6.07) is 17.7. The largest absolute Gasteiger partial charge is 0.393 e. The number of aryl methyl sites for hydroxylation is 1. The van der Waals surface area contributed by atoms with Gasteiger partial charge in [0.15, 0.2) is 0 Å². The number of aliphatic hydroxyl groups excluding tert-OH is 1. The van der Waals surface area contributed by atoms with Crippen molar-refractivity contribution in [2.45, 2.75) is 39.3 Å². The molecule has 2 rings (SSSR count). The highest BCUT2D eigenvalue weighted by Crippen LogP contribution is 2.22. The first-order chi connectivity index (χ1) is 12.0. The highest BCUT2D eigenvalue weighted by molar-refractivity contribution is 5.75. The quantitative estimate of drug-likeness (QED) is 0.718. The SMILES string of the molecule is Cc1ccc(C(NC(=O)NCC(C)CC(C)O)c2ccccc2)cc1. The molecule has 2 aromatic carbocycles. The Labute approximate surface area is 150 Å². The summed E-state index contributed by atoms with van der Waals surface area (Å²) in [6.07, 6.45) is 0.310. The van der Waals surface area contributed by atoms with E-state index >= 15 is 0 Å². The highest BCUT2D eigenvalue weighted by atomic mass is 16.3. The lowest BCUT2D eigenvalue weighted by Gasteiger charge is -2.21. The van der Waals surface area contributed by atoms with Gasteiger partial charge in [0.2, 0.25) is 0 Å². The molecule has 134 valence electrons. The molecule has 0 saturated carbocycles. The predicted molar refractivity (Wildman–Crippen MR) is 101 cm³/mol. The zero-order chi connectivity index (χ0) is 18.2. The molecule has 2 amide bonds. The summed E-state index contributed by atoms with van der Waals surface area (Å²) in [5.41, 5.74) is 3.27. The van der Waals surface area contributed by atoms with Gasteiger partial charge in [-0.25, -0.2) is 4.79 Å². The minimum absolute atomic E-state index is 0.200. The average Bonchev–Trinajstić information content (AvgIpc) is 2.59. The fraction of sp³-hybridized carbons (Fsp3) is 0.381. The van der Waals surface area contributed by atoms with Crippen LogP contribution in [0.15, 0.2) is 54.6 Å². The predicted octanol–water partition coefficient (Wildman–Crippen LogP) is 3.79. The monoisotopic (exact) mass is 340 g/mol. The Bertz CT molecular complexity index is 653. The maximum absolute atomic E-state index is 12.4. The van der Waals surface area contributed by atoms with E-state index in [4.69, 9.17) is 0 Å². The second-order valence-corrected chi connectivity index (χ2v) is 6.80. The number of hydrogen-bond donors (Lipinski definition) is 3. The first kappa shape index (κ1) is 19.0. The van der Waals surface area contributed by atoms with Gasteiger partial charge < -0.3 is 15.7 Å². The van der Waals surface area contributed by atoms with Gasteiger partial charge in [0.25, 0.3) is 0 Å². The van der Waals surface area contributed by atoms with E-state index < -0.39 is 0 Å². The molecule has 0 fully saturated rings. The molecular formula is C21H28N2O2. The molecule has 2 aromatic rings. The standard InChI is InChI=1S/C21H28N2O2/c1-15-9-11-19(12-10-15)20(18-7-5-4-6-8-18)23-21(25)22-14-16(2)13-17(3)24/h4-12,16-17,20,24H,13-14H2,1-3H3,(H2,22,23,25). The molecule has 3 N–H and O–H groups in total. The summed E-state index contributed by atoms with van der Waals surface area (Å²) >= 11 is 0. The molecule has 0 aliphatic rings. The minimum atomic E-state index is -0.357. The van der Waals surface area contributed by atoms with Crippen molar-refractivity contribution in [3.8, 4) is 0 Å². The third-order valence-corrected chi connectivity index (χ3v) is 4.17. The lowest BCUT2D eigenvalue weighted by atomic mass is 9.98. The first-order valence-electron chi connectivity index (χ1n) is 8.79. The lowest BCUT2D eigenvalue weighted by Crippen LogP contribution is -2.40. The summed E-state index contributed by atoms with van der Waals surface area (Å²) in [5.74, 6) is 0.223. The molecule has 4 nitrogen and oxygen atoms in total. The van der Waals surface area contributed by atoms with Gasteiger partial charge >= 0.3 is 6.03 Å². The Morgan fingerprint density at radius 1 is 1.00 bits per heavy atom. The van der Waals surface area contributed by atoms with Crippen LogP contribution in [0, 0.1) is 12.8 Å². The lowest BCUT2D eigenvalue weighted by molar-refractivity contribution is 0.163. The van der Waals surface area contributed by atoms with Crippen LogP contribution in [0.2, 0.25) is 0 Å². The van der Waals surface area contributed by atoms with E-state index in [1.165, 1.54) is 5.56 Å². The fourth-order valence-corrected chi connectivity index (χ4v) is 2.88. The van der Waals surface area contributed by atoms with Gasteiger partial charge in [-0.05, 0) is 37.3 Å². The fourth-order valence-electron chi connectivity index (χ4n) is 2.88. The Kier molecular flexibility index (Phi) is 7.02. The molecule has 4 heteroatoms. The molecule has 0 aliphatic carbocycles. The van der Waals surface area contributed by atoms with Gasteiger partial charge in [-0.1, -0.05) is 67.1 Å². The Morgan fingerprint density at radius 3 is 2.20 bits per heavy atom. The molecule has 0 saturated heterocycles. The Hall–Kier alpha value is -2.33.